The van der Waals surface area contributed by atoms with Crippen LogP contribution in [0.15, 0.2) is 18.2 Å². The zero-order valence-electron chi connectivity index (χ0n) is 9.09. The molecule has 0 bridgehead atoms. The van der Waals surface area contributed by atoms with Crippen LogP contribution in [-0.4, -0.2) is 10.9 Å². The van der Waals surface area contributed by atoms with Gasteiger partial charge < -0.3 is 5.11 Å². The summed E-state index contributed by atoms with van der Waals surface area (Å²) in [5, 5.41) is 9.45. The van der Waals surface area contributed by atoms with E-state index in [2.05, 4.69) is 0 Å². The Morgan fingerprint density at radius 2 is 1.79 bits per heavy atom. The van der Waals surface area contributed by atoms with Gasteiger partial charge >= 0.3 is 0 Å². The summed E-state index contributed by atoms with van der Waals surface area (Å²) < 4.78 is 0. The molecule has 0 amide bonds. The number of hydrogen-bond acceptors (Lipinski definition) is 2. The topological polar surface area (TPSA) is 37.3 Å². The van der Waals surface area contributed by atoms with Gasteiger partial charge in [0.25, 0.3) is 0 Å². The normalized spacial score (nSPS) is 11.4. The summed E-state index contributed by atoms with van der Waals surface area (Å²) in [6, 6.07) is 5.03. The molecule has 0 heterocycles. The van der Waals surface area contributed by atoms with Crippen LogP contribution in [0.25, 0.3) is 0 Å². The predicted molar refractivity (Wildman–Crippen MR) is 56.8 cm³/mol. The highest BCUT2D eigenvalue weighted by Gasteiger charge is 2.16. The van der Waals surface area contributed by atoms with Crippen LogP contribution in [0.2, 0.25) is 0 Å². The Balaban J connectivity index is 3.28. The van der Waals surface area contributed by atoms with E-state index >= 15 is 0 Å². The van der Waals surface area contributed by atoms with Crippen LogP contribution >= 0.6 is 0 Å². The lowest BCUT2D eigenvalue weighted by molar-refractivity contribution is 0.101. The monoisotopic (exact) mass is 192 g/mol. The molecular formula is C12H16O2. The van der Waals surface area contributed by atoms with Crippen LogP contribution in [0.5, 0.6) is 5.75 Å². The summed E-state index contributed by atoms with van der Waals surface area (Å²) in [6.45, 7) is 7.64. The summed E-state index contributed by atoms with van der Waals surface area (Å²) in [5.41, 5.74) is 1.49. The van der Waals surface area contributed by atoms with E-state index in [1.54, 1.807) is 6.07 Å². The average molecular weight is 192 g/mol. The van der Waals surface area contributed by atoms with Crippen molar-refractivity contribution in [3.63, 3.8) is 0 Å². The number of ketones is 1. The molecule has 2 nitrogen and oxygen atoms in total. The Hall–Kier alpha value is -1.31. The van der Waals surface area contributed by atoms with Crippen LogP contribution in [0.4, 0.5) is 0 Å². The van der Waals surface area contributed by atoms with Crippen LogP contribution in [0, 0.1) is 0 Å². The minimum absolute atomic E-state index is 0.0219. The molecule has 0 aliphatic heterocycles. The van der Waals surface area contributed by atoms with Crippen molar-refractivity contribution in [1.82, 2.24) is 0 Å². The summed E-state index contributed by atoms with van der Waals surface area (Å²) in [6.07, 6.45) is 0. The van der Waals surface area contributed by atoms with E-state index in [0.29, 0.717) is 5.56 Å². The highest BCUT2D eigenvalue weighted by atomic mass is 16.3. The fraction of sp³-hybridized carbons (Fsp3) is 0.417. The van der Waals surface area contributed by atoms with Gasteiger partial charge in [-0.05, 0) is 36.1 Å². The minimum atomic E-state index is -0.0526. The maximum atomic E-state index is 11.2. The Labute approximate surface area is 84.6 Å². The number of phenols is 1. The fourth-order valence-corrected chi connectivity index (χ4v) is 1.25. The third kappa shape index (κ3) is 2.34. The smallest absolute Gasteiger partial charge is 0.159 e. The van der Waals surface area contributed by atoms with E-state index in [1.807, 2.05) is 26.8 Å². The molecule has 1 aromatic rings. The summed E-state index contributed by atoms with van der Waals surface area (Å²) in [5.74, 6) is 0.133. The molecule has 1 N–H and O–H groups in total. The number of Topliss-reactive ketones (excluding diaryl/α,β-unsaturated/α-hetero) is 1. The number of benzene rings is 1. The number of carbonyl (C=O) groups is 1. The first-order valence-corrected chi connectivity index (χ1v) is 4.66. The van der Waals surface area contributed by atoms with Crippen molar-refractivity contribution >= 4 is 5.78 Å². The van der Waals surface area contributed by atoms with Gasteiger partial charge in [0.1, 0.15) is 5.75 Å². The third-order valence-electron chi connectivity index (χ3n) is 2.19. The van der Waals surface area contributed by atoms with E-state index in [4.69, 9.17) is 0 Å². The molecule has 0 saturated heterocycles. The van der Waals surface area contributed by atoms with Crippen LogP contribution < -0.4 is 0 Å². The third-order valence-corrected chi connectivity index (χ3v) is 2.19. The highest BCUT2D eigenvalue weighted by molar-refractivity contribution is 5.94. The lowest BCUT2D eigenvalue weighted by Crippen LogP contribution is -2.11. The maximum absolute atomic E-state index is 11.2. The molecule has 14 heavy (non-hydrogen) atoms. The van der Waals surface area contributed by atoms with E-state index in [0.717, 1.165) is 5.56 Å². The molecule has 76 valence electrons. The van der Waals surface area contributed by atoms with Crippen molar-refractivity contribution in [2.45, 2.75) is 33.1 Å². The van der Waals surface area contributed by atoms with Gasteiger partial charge in [-0.3, -0.25) is 4.79 Å². The predicted octanol–water partition coefficient (Wildman–Crippen LogP) is 2.89. The summed E-state index contributed by atoms with van der Waals surface area (Å²) in [7, 11) is 0. The largest absolute Gasteiger partial charge is 0.508 e. The molecule has 0 saturated carbocycles. The number of carbonyl (C=O) groups excluding carboxylic acids is 1. The van der Waals surface area contributed by atoms with Gasteiger partial charge in [0.05, 0.1) is 0 Å². The molecular weight excluding hydrogens is 176 g/mol. The molecule has 0 unspecified atom stereocenters. The van der Waals surface area contributed by atoms with Gasteiger partial charge in [0.2, 0.25) is 0 Å². The first-order chi connectivity index (χ1) is 6.30. The molecule has 0 aromatic heterocycles. The van der Waals surface area contributed by atoms with Gasteiger partial charge in [0, 0.05) is 5.56 Å². The molecule has 0 aliphatic carbocycles. The molecule has 2 heteroatoms. The molecule has 0 atom stereocenters. The van der Waals surface area contributed by atoms with Gasteiger partial charge in [-0.15, -0.1) is 0 Å². The average Bonchev–Trinajstić information content (AvgIpc) is 2.01. The van der Waals surface area contributed by atoms with Crippen LogP contribution in [-0.2, 0) is 5.41 Å². The van der Waals surface area contributed by atoms with E-state index in [9.17, 15) is 9.90 Å². The van der Waals surface area contributed by atoms with Crippen molar-refractivity contribution in [1.29, 1.82) is 0 Å². The zero-order valence-corrected chi connectivity index (χ0v) is 9.09. The molecule has 0 fully saturated rings. The Morgan fingerprint density at radius 1 is 1.21 bits per heavy atom. The number of hydrogen-bond donors (Lipinski definition) is 1. The Bertz CT molecular complexity index is 359. The molecule has 1 aromatic carbocycles. The van der Waals surface area contributed by atoms with Crippen molar-refractivity contribution in [2.24, 2.45) is 0 Å². The lowest BCUT2D eigenvalue weighted by atomic mass is 9.85. The first-order valence-electron chi connectivity index (χ1n) is 4.66. The SMILES string of the molecule is CC(=O)c1cc(O)cc(C(C)(C)C)c1. The Kier molecular flexibility index (Phi) is 2.65. The van der Waals surface area contributed by atoms with Crippen LogP contribution in [0.1, 0.15) is 43.6 Å². The number of phenolic OH excluding ortho intramolecular Hbond substituents is 1. The molecule has 0 spiro atoms. The lowest BCUT2D eigenvalue weighted by Gasteiger charge is -2.19. The van der Waals surface area contributed by atoms with Gasteiger partial charge in [-0.1, -0.05) is 20.8 Å². The van der Waals surface area contributed by atoms with Crippen molar-refractivity contribution < 1.29 is 9.90 Å². The van der Waals surface area contributed by atoms with Crippen molar-refractivity contribution in [3.05, 3.63) is 29.3 Å². The van der Waals surface area contributed by atoms with E-state index in [-0.39, 0.29) is 16.9 Å². The maximum Gasteiger partial charge on any atom is 0.159 e. The summed E-state index contributed by atoms with van der Waals surface area (Å²) >= 11 is 0. The first kappa shape index (κ1) is 10.8. The number of rotatable bonds is 1. The van der Waals surface area contributed by atoms with E-state index in [1.165, 1.54) is 13.0 Å². The molecule has 1 rings (SSSR count). The second kappa shape index (κ2) is 3.45. The zero-order chi connectivity index (χ0) is 10.9. The minimum Gasteiger partial charge on any atom is -0.508 e. The fourth-order valence-electron chi connectivity index (χ4n) is 1.25. The quantitative estimate of drug-likeness (QED) is 0.695. The van der Waals surface area contributed by atoms with Gasteiger partial charge in [-0.2, -0.15) is 0 Å². The Morgan fingerprint density at radius 3 is 2.21 bits per heavy atom. The van der Waals surface area contributed by atoms with Crippen molar-refractivity contribution in [2.75, 3.05) is 0 Å². The second-order valence-corrected chi connectivity index (χ2v) is 4.57. The standard InChI is InChI=1S/C12H16O2/c1-8(13)9-5-10(12(2,3)4)7-11(14)6-9/h5-7,14H,1-4H3. The van der Waals surface area contributed by atoms with Crippen molar-refractivity contribution in [3.8, 4) is 5.75 Å². The van der Waals surface area contributed by atoms with E-state index < -0.39 is 0 Å². The second-order valence-electron chi connectivity index (χ2n) is 4.57. The molecule has 0 aliphatic rings. The number of aromatic hydroxyl groups is 1. The summed E-state index contributed by atoms with van der Waals surface area (Å²) in [4.78, 5) is 11.2. The molecule has 0 radical (unpaired) electrons. The van der Waals surface area contributed by atoms with Gasteiger partial charge in [-0.25, -0.2) is 0 Å². The van der Waals surface area contributed by atoms with Gasteiger partial charge in [0.15, 0.2) is 5.78 Å². The highest BCUT2D eigenvalue weighted by Crippen LogP contribution is 2.27. The van der Waals surface area contributed by atoms with Crippen LogP contribution in [0.3, 0.4) is 0 Å².